The summed E-state index contributed by atoms with van der Waals surface area (Å²) >= 11 is 17.2. The van der Waals surface area contributed by atoms with Gasteiger partial charge in [0.15, 0.2) is 0 Å². The van der Waals surface area contributed by atoms with Crippen LogP contribution in [0.25, 0.3) is 0 Å². The monoisotopic (exact) mass is 396 g/mol. The quantitative estimate of drug-likeness (QED) is 0.656. The molecule has 0 aliphatic rings. The zero-order valence-electron chi connectivity index (χ0n) is 11.8. The highest BCUT2D eigenvalue weighted by atomic mass is 35.5. The lowest BCUT2D eigenvalue weighted by Gasteiger charge is -2.12. The number of nitrogens with one attached hydrogen (secondary N) is 2. The molecule has 0 saturated heterocycles. The lowest BCUT2D eigenvalue weighted by atomic mass is 10.2. The second-order valence-corrected chi connectivity index (χ2v) is 5.99. The topological polar surface area (TPSA) is 41.1 Å². The van der Waals surface area contributed by atoms with E-state index in [1.165, 1.54) is 12.1 Å². The minimum absolute atomic E-state index is 0.0357. The fourth-order valence-electron chi connectivity index (χ4n) is 1.84. The average Bonchev–Trinajstić information content (AvgIpc) is 2.47. The van der Waals surface area contributed by atoms with Gasteiger partial charge in [-0.3, -0.25) is 0 Å². The van der Waals surface area contributed by atoms with Crippen molar-refractivity contribution in [3.8, 4) is 0 Å². The highest BCUT2D eigenvalue weighted by molar-refractivity contribution is 6.35. The van der Waals surface area contributed by atoms with Crippen molar-refractivity contribution in [2.24, 2.45) is 0 Å². The van der Waals surface area contributed by atoms with E-state index in [2.05, 4.69) is 10.6 Å². The van der Waals surface area contributed by atoms with Crippen LogP contribution in [0.2, 0.25) is 15.1 Å². The Labute approximate surface area is 150 Å². The zero-order valence-corrected chi connectivity index (χ0v) is 14.1. The molecule has 0 fully saturated rings. The van der Waals surface area contributed by atoms with Gasteiger partial charge in [-0.1, -0.05) is 40.9 Å². The molecule has 2 aromatic rings. The predicted molar refractivity (Wildman–Crippen MR) is 88.8 cm³/mol. The molecule has 0 aromatic heterocycles. The molecule has 2 N–H and O–H groups in total. The summed E-state index contributed by atoms with van der Waals surface area (Å²) in [5, 5.41) is 5.17. The van der Waals surface area contributed by atoms with Gasteiger partial charge in [0.05, 0.1) is 10.6 Å². The summed E-state index contributed by atoms with van der Waals surface area (Å²) in [5.74, 6) is 0. The van der Waals surface area contributed by atoms with Crippen molar-refractivity contribution in [2.75, 3.05) is 5.32 Å². The fraction of sp³-hybridized carbons (Fsp3) is 0.133. The minimum Gasteiger partial charge on any atom is -0.334 e. The van der Waals surface area contributed by atoms with Crippen LogP contribution >= 0.6 is 34.8 Å². The number of anilines is 1. The Morgan fingerprint density at radius 3 is 2.33 bits per heavy atom. The molecule has 0 spiro atoms. The van der Waals surface area contributed by atoms with E-state index in [1.54, 1.807) is 12.1 Å². The molecule has 2 aromatic carbocycles. The molecular formula is C15H10Cl3F3N2O. The van der Waals surface area contributed by atoms with Gasteiger partial charge in [-0.25, -0.2) is 4.79 Å². The summed E-state index contributed by atoms with van der Waals surface area (Å²) in [6, 6.07) is 7.18. The first-order valence-electron chi connectivity index (χ1n) is 6.52. The molecule has 0 aliphatic carbocycles. The predicted octanol–water partition coefficient (Wildman–Crippen LogP) is 5.99. The fourth-order valence-corrected chi connectivity index (χ4v) is 2.54. The van der Waals surface area contributed by atoms with Crippen LogP contribution in [-0.2, 0) is 12.7 Å². The van der Waals surface area contributed by atoms with Crippen molar-refractivity contribution in [1.82, 2.24) is 5.32 Å². The number of hydrogen-bond donors (Lipinski definition) is 2. The van der Waals surface area contributed by atoms with Crippen LogP contribution < -0.4 is 10.6 Å². The third-order valence-corrected chi connectivity index (χ3v) is 3.90. The van der Waals surface area contributed by atoms with E-state index in [-0.39, 0.29) is 12.2 Å². The third-order valence-electron chi connectivity index (χ3n) is 2.98. The lowest BCUT2D eigenvalue weighted by Crippen LogP contribution is -2.28. The summed E-state index contributed by atoms with van der Waals surface area (Å²) < 4.78 is 38.3. The maximum absolute atomic E-state index is 12.8. The molecule has 0 aliphatic heterocycles. The van der Waals surface area contributed by atoms with Gasteiger partial charge in [0.1, 0.15) is 0 Å². The number of alkyl halides is 3. The van der Waals surface area contributed by atoms with E-state index < -0.39 is 22.8 Å². The van der Waals surface area contributed by atoms with Crippen LogP contribution in [0.4, 0.5) is 23.7 Å². The molecule has 0 radical (unpaired) electrons. The zero-order chi connectivity index (χ0) is 17.9. The van der Waals surface area contributed by atoms with Crippen molar-refractivity contribution in [3.05, 3.63) is 62.6 Å². The van der Waals surface area contributed by atoms with Crippen LogP contribution in [0.5, 0.6) is 0 Å². The lowest BCUT2D eigenvalue weighted by molar-refractivity contribution is -0.137. The first-order chi connectivity index (χ1) is 11.2. The van der Waals surface area contributed by atoms with E-state index >= 15 is 0 Å². The maximum Gasteiger partial charge on any atom is 0.417 e. The van der Waals surface area contributed by atoms with Gasteiger partial charge in [-0.15, -0.1) is 0 Å². The Kier molecular flexibility index (Phi) is 5.85. The highest BCUT2D eigenvalue weighted by Crippen LogP contribution is 2.36. The van der Waals surface area contributed by atoms with Gasteiger partial charge in [-0.05, 0) is 35.9 Å². The molecule has 9 heteroatoms. The SMILES string of the molecule is O=C(NCc1ccc(Cl)cc1Cl)Nc1ccc(Cl)c(C(F)(F)F)c1. The summed E-state index contributed by atoms with van der Waals surface area (Å²) in [7, 11) is 0. The van der Waals surface area contributed by atoms with E-state index in [4.69, 9.17) is 34.8 Å². The van der Waals surface area contributed by atoms with E-state index in [9.17, 15) is 18.0 Å². The van der Waals surface area contributed by atoms with Crippen molar-refractivity contribution < 1.29 is 18.0 Å². The molecule has 2 amide bonds. The second kappa shape index (κ2) is 7.51. The maximum atomic E-state index is 12.8. The number of rotatable bonds is 3. The highest BCUT2D eigenvalue weighted by Gasteiger charge is 2.33. The Hall–Kier alpha value is -1.63. The third kappa shape index (κ3) is 4.93. The van der Waals surface area contributed by atoms with Crippen LogP contribution in [-0.4, -0.2) is 6.03 Å². The van der Waals surface area contributed by atoms with Gasteiger partial charge in [0.2, 0.25) is 0 Å². The number of amides is 2. The van der Waals surface area contributed by atoms with Crippen LogP contribution in [0.1, 0.15) is 11.1 Å². The largest absolute Gasteiger partial charge is 0.417 e. The summed E-state index contributed by atoms with van der Waals surface area (Å²) in [5.41, 5.74) is -0.447. The second-order valence-electron chi connectivity index (χ2n) is 4.74. The first-order valence-corrected chi connectivity index (χ1v) is 7.66. The van der Waals surface area contributed by atoms with Crippen LogP contribution in [0, 0.1) is 0 Å². The van der Waals surface area contributed by atoms with Crippen LogP contribution in [0.15, 0.2) is 36.4 Å². The Bertz CT molecular complexity index is 766. The van der Waals surface area contributed by atoms with Gasteiger partial charge in [0, 0.05) is 22.3 Å². The molecule has 128 valence electrons. The normalized spacial score (nSPS) is 11.2. The Balaban J connectivity index is 2.02. The Morgan fingerprint density at radius 1 is 1.00 bits per heavy atom. The first kappa shape index (κ1) is 18.7. The van der Waals surface area contributed by atoms with E-state index in [1.807, 2.05) is 0 Å². The minimum atomic E-state index is -4.61. The molecule has 0 heterocycles. The molecule has 0 unspecified atom stereocenters. The molecule has 3 nitrogen and oxygen atoms in total. The standard InChI is InChI=1S/C15H10Cl3F3N2O/c16-9-2-1-8(13(18)5-9)7-22-14(24)23-10-3-4-12(17)11(6-10)15(19,20)21/h1-6H,7H2,(H2,22,23,24). The molecule has 24 heavy (non-hydrogen) atoms. The molecule has 2 rings (SSSR count). The van der Waals surface area contributed by atoms with E-state index in [0.29, 0.717) is 15.6 Å². The molecule has 0 saturated carbocycles. The van der Waals surface area contributed by atoms with Crippen molar-refractivity contribution in [3.63, 3.8) is 0 Å². The van der Waals surface area contributed by atoms with Crippen molar-refractivity contribution in [1.29, 1.82) is 0 Å². The van der Waals surface area contributed by atoms with Crippen molar-refractivity contribution in [2.45, 2.75) is 12.7 Å². The summed E-state index contributed by atoms with van der Waals surface area (Å²) in [6.45, 7) is 0.0849. The Morgan fingerprint density at radius 2 is 1.71 bits per heavy atom. The van der Waals surface area contributed by atoms with Crippen molar-refractivity contribution >= 4 is 46.5 Å². The number of hydrogen-bond acceptors (Lipinski definition) is 1. The van der Waals surface area contributed by atoms with Gasteiger partial charge in [-0.2, -0.15) is 13.2 Å². The van der Waals surface area contributed by atoms with Crippen LogP contribution in [0.3, 0.4) is 0 Å². The number of benzene rings is 2. The molecular weight excluding hydrogens is 388 g/mol. The van der Waals surface area contributed by atoms with Gasteiger partial charge >= 0.3 is 12.2 Å². The average molecular weight is 398 g/mol. The summed E-state index contributed by atoms with van der Waals surface area (Å²) in [4.78, 5) is 11.8. The van der Waals surface area contributed by atoms with E-state index in [0.717, 1.165) is 12.1 Å². The summed E-state index contributed by atoms with van der Waals surface area (Å²) in [6.07, 6.45) is -4.61. The number of carbonyl (C=O) groups is 1. The van der Waals surface area contributed by atoms with Gasteiger partial charge in [0.25, 0.3) is 0 Å². The molecule has 0 bridgehead atoms. The smallest absolute Gasteiger partial charge is 0.334 e. The number of urea groups is 1. The number of halogens is 6. The van der Waals surface area contributed by atoms with Gasteiger partial charge < -0.3 is 10.6 Å². The molecule has 0 atom stereocenters. The number of carbonyl (C=O) groups excluding carboxylic acids is 1.